The summed E-state index contributed by atoms with van der Waals surface area (Å²) in [6.07, 6.45) is 7.05. The number of nitrogen functional groups attached to an aromatic ring is 1. The van der Waals surface area contributed by atoms with E-state index in [-0.39, 0.29) is 0 Å². The van der Waals surface area contributed by atoms with E-state index < -0.39 is 0 Å². The van der Waals surface area contributed by atoms with Gasteiger partial charge in [0.05, 0.1) is 0 Å². The standard InChI is InChI=1S/C15H22N2O/c16-12-4-3-7-14(10-12)18-15-8-9-17(11-15)13-5-1-2-6-13/h3-4,7,10,13,15H,1-2,5-6,8-9,11,16H2. The molecule has 0 spiro atoms. The first-order valence-electron chi connectivity index (χ1n) is 7.07. The Bertz CT molecular complexity index is 401. The van der Waals surface area contributed by atoms with Crippen molar-refractivity contribution >= 4 is 5.69 Å². The van der Waals surface area contributed by atoms with Crippen LogP contribution in [0.4, 0.5) is 5.69 Å². The van der Waals surface area contributed by atoms with E-state index in [1.807, 2.05) is 24.3 Å². The van der Waals surface area contributed by atoms with Crippen LogP contribution in [0.2, 0.25) is 0 Å². The van der Waals surface area contributed by atoms with Crippen LogP contribution in [-0.2, 0) is 0 Å². The molecule has 1 heterocycles. The largest absolute Gasteiger partial charge is 0.489 e. The van der Waals surface area contributed by atoms with Crippen molar-refractivity contribution in [2.45, 2.75) is 44.2 Å². The van der Waals surface area contributed by atoms with Crippen LogP contribution in [0.25, 0.3) is 0 Å². The van der Waals surface area contributed by atoms with Crippen LogP contribution in [0.1, 0.15) is 32.1 Å². The summed E-state index contributed by atoms with van der Waals surface area (Å²) in [4.78, 5) is 2.62. The first kappa shape index (κ1) is 11.8. The van der Waals surface area contributed by atoms with Gasteiger partial charge in [-0.3, -0.25) is 4.90 Å². The van der Waals surface area contributed by atoms with E-state index in [0.29, 0.717) is 6.10 Å². The van der Waals surface area contributed by atoms with E-state index in [1.54, 1.807) is 0 Å². The highest BCUT2D eigenvalue weighted by atomic mass is 16.5. The summed E-state index contributed by atoms with van der Waals surface area (Å²) in [5.74, 6) is 0.910. The quantitative estimate of drug-likeness (QED) is 0.833. The second-order valence-electron chi connectivity index (χ2n) is 5.53. The lowest BCUT2D eigenvalue weighted by atomic mass is 10.2. The van der Waals surface area contributed by atoms with E-state index >= 15 is 0 Å². The van der Waals surface area contributed by atoms with Gasteiger partial charge in [0.2, 0.25) is 0 Å². The van der Waals surface area contributed by atoms with Crippen molar-refractivity contribution < 1.29 is 4.74 Å². The SMILES string of the molecule is Nc1cccc(OC2CCN(C3CCCC3)C2)c1. The maximum Gasteiger partial charge on any atom is 0.121 e. The molecule has 1 unspecified atom stereocenters. The van der Waals surface area contributed by atoms with Crippen molar-refractivity contribution in [3.63, 3.8) is 0 Å². The zero-order chi connectivity index (χ0) is 12.4. The Labute approximate surface area is 109 Å². The predicted molar refractivity (Wildman–Crippen MR) is 73.7 cm³/mol. The monoisotopic (exact) mass is 246 g/mol. The first-order chi connectivity index (χ1) is 8.81. The Kier molecular flexibility index (Phi) is 3.41. The van der Waals surface area contributed by atoms with Crippen LogP contribution in [0, 0.1) is 0 Å². The van der Waals surface area contributed by atoms with E-state index in [1.165, 1.54) is 32.2 Å². The molecule has 18 heavy (non-hydrogen) atoms. The summed E-state index contributed by atoms with van der Waals surface area (Å²) >= 11 is 0. The van der Waals surface area contributed by atoms with E-state index in [0.717, 1.165) is 30.4 Å². The molecule has 3 heteroatoms. The zero-order valence-corrected chi connectivity index (χ0v) is 10.8. The molecule has 0 amide bonds. The third-order valence-electron chi connectivity index (χ3n) is 4.18. The van der Waals surface area contributed by atoms with Gasteiger partial charge in [-0.1, -0.05) is 18.9 Å². The summed E-state index contributed by atoms with van der Waals surface area (Å²) in [5.41, 5.74) is 6.55. The van der Waals surface area contributed by atoms with Crippen molar-refractivity contribution in [3.05, 3.63) is 24.3 Å². The van der Waals surface area contributed by atoms with Gasteiger partial charge in [0.15, 0.2) is 0 Å². The number of nitrogens with two attached hydrogens (primary N) is 1. The maximum absolute atomic E-state index is 6.02. The van der Waals surface area contributed by atoms with Gasteiger partial charge in [0.1, 0.15) is 11.9 Å². The molecule has 1 saturated carbocycles. The number of hydrogen-bond donors (Lipinski definition) is 1. The number of benzene rings is 1. The zero-order valence-electron chi connectivity index (χ0n) is 10.8. The topological polar surface area (TPSA) is 38.5 Å². The molecular formula is C15H22N2O. The smallest absolute Gasteiger partial charge is 0.121 e. The van der Waals surface area contributed by atoms with Gasteiger partial charge in [-0.25, -0.2) is 0 Å². The molecular weight excluding hydrogens is 224 g/mol. The van der Waals surface area contributed by atoms with Gasteiger partial charge in [-0.05, 0) is 31.4 Å². The van der Waals surface area contributed by atoms with E-state index in [9.17, 15) is 0 Å². The average Bonchev–Trinajstić information content (AvgIpc) is 2.98. The number of hydrogen-bond acceptors (Lipinski definition) is 3. The van der Waals surface area contributed by atoms with Crippen LogP contribution in [0.3, 0.4) is 0 Å². The normalized spacial score (nSPS) is 25.7. The summed E-state index contributed by atoms with van der Waals surface area (Å²) in [5, 5.41) is 0. The molecule has 1 atom stereocenters. The van der Waals surface area contributed by atoms with Crippen LogP contribution in [-0.4, -0.2) is 30.1 Å². The maximum atomic E-state index is 6.02. The summed E-state index contributed by atoms with van der Waals surface area (Å²) < 4.78 is 6.02. The van der Waals surface area contributed by atoms with Crippen molar-refractivity contribution in [2.24, 2.45) is 0 Å². The Morgan fingerprint density at radius 1 is 1.17 bits per heavy atom. The van der Waals surface area contributed by atoms with Gasteiger partial charge in [0.25, 0.3) is 0 Å². The van der Waals surface area contributed by atoms with Crippen LogP contribution in [0.15, 0.2) is 24.3 Å². The predicted octanol–water partition coefficient (Wildman–Crippen LogP) is 2.66. The number of anilines is 1. The lowest BCUT2D eigenvalue weighted by Gasteiger charge is -2.23. The van der Waals surface area contributed by atoms with Gasteiger partial charge in [0, 0.05) is 30.9 Å². The van der Waals surface area contributed by atoms with Crippen LogP contribution < -0.4 is 10.5 Å². The van der Waals surface area contributed by atoms with Gasteiger partial charge >= 0.3 is 0 Å². The molecule has 0 radical (unpaired) electrons. The summed E-state index contributed by atoms with van der Waals surface area (Å²) in [6.45, 7) is 2.27. The highest BCUT2D eigenvalue weighted by Gasteiger charge is 2.30. The minimum absolute atomic E-state index is 0.340. The van der Waals surface area contributed by atoms with Crippen LogP contribution >= 0.6 is 0 Å². The molecule has 2 N–H and O–H groups in total. The van der Waals surface area contributed by atoms with Crippen molar-refractivity contribution in [3.8, 4) is 5.75 Å². The fraction of sp³-hybridized carbons (Fsp3) is 0.600. The Hall–Kier alpha value is -1.22. The minimum Gasteiger partial charge on any atom is -0.489 e. The van der Waals surface area contributed by atoms with E-state index in [4.69, 9.17) is 10.5 Å². The number of rotatable bonds is 3. The molecule has 3 rings (SSSR count). The molecule has 3 nitrogen and oxygen atoms in total. The molecule has 1 aromatic rings. The lowest BCUT2D eigenvalue weighted by Crippen LogP contribution is -2.32. The second kappa shape index (κ2) is 5.19. The molecule has 0 aromatic heterocycles. The Balaban J connectivity index is 1.55. The van der Waals surface area contributed by atoms with Crippen molar-refractivity contribution in [1.29, 1.82) is 0 Å². The minimum atomic E-state index is 0.340. The number of likely N-dealkylation sites (tertiary alicyclic amines) is 1. The van der Waals surface area contributed by atoms with Crippen LogP contribution in [0.5, 0.6) is 5.75 Å². The van der Waals surface area contributed by atoms with Crippen molar-refractivity contribution in [2.75, 3.05) is 18.8 Å². The fourth-order valence-corrected chi connectivity index (χ4v) is 3.23. The second-order valence-corrected chi connectivity index (χ2v) is 5.53. The highest BCUT2D eigenvalue weighted by Crippen LogP contribution is 2.28. The van der Waals surface area contributed by atoms with Gasteiger partial charge in [-0.2, -0.15) is 0 Å². The number of ether oxygens (including phenoxy) is 1. The molecule has 1 saturated heterocycles. The molecule has 1 aliphatic heterocycles. The summed E-state index contributed by atoms with van der Waals surface area (Å²) in [6, 6.07) is 8.58. The molecule has 2 fully saturated rings. The third kappa shape index (κ3) is 2.61. The van der Waals surface area contributed by atoms with E-state index in [2.05, 4.69) is 4.90 Å². The molecule has 98 valence electrons. The summed E-state index contributed by atoms with van der Waals surface area (Å²) in [7, 11) is 0. The number of nitrogens with zero attached hydrogens (tertiary/aromatic N) is 1. The molecule has 2 aliphatic rings. The average molecular weight is 246 g/mol. The Morgan fingerprint density at radius 2 is 2.00 bits per heavy atom. The fourth-order valence-electron chi connectivity index (χ4n) is 3.23. The lowest BCUT2D eigenvalue weighted by molar-refractivity contribution is 0.178. The molecule has 0 bridgehead atoms. The Morgan fingerprint density at radius 3 is 2.78 bits per heavy atom. The first-order valence-corrected chi connectivity index (χ1v) is 7.07. The van der Waals surface area contributed by atoms with Crippen molar-refractivity contribution in [1.82, 2.24) is 4.90 Å². The van der Waals surface area contributed by atoms with Gasteiger partial charge in [-0.15, -0.1) is 0 Å². The highest BCUT2D eigenvalue weighted by molar-refractivity contribution is 5.43. The third-order valence-corrected chi connectivity index (χ3v) is 4.18. The molecule has 1 aliphatic carbocycles. The van der Waals surface area contributed by atoms with Gasteiger partial charge < -0.3 is 10.5 Å². The molecule has 1 aromatic carbocycles.